The third-order valence-electron chi connectivity index (χ3n) is 6.10. The molecule has 1 amide bonds. The Labute approximate surface area is 204 Å². The number of hydrogen-bond acceptors (Lipinski definition) is 5. The summed E-state index contributed by atoms with van der Waals surface area (Å²) in [7, 11) is 1.65. The number of carboxylic acids is 1. The quantitative estimate of drug-likeness (QED) is 0.406. The van der Waals surface area contributed by atoms with Crippen molar-refractivity contribution in [2.75, 3.05) is 19.0 Å². The van der Waals surface area contributed by atoms with Crippen LogP contribution in [-0.4, -0.2) is 41.4 Å². The third-order valence-corrected chi connectivity index (χ3v) is 6.10. The molecule has 2 N–H and O–H groups in total. The molecule has 3 aromatic carbocycles. The van der Waals surface area contributed by atoms with Crippen LogP contribution in [0.5, 0.6) is 5.75 Å². The Morgan fingerprint density at radius 2 is 1.77 bits per heavy atom. The van der Waals surface area contributed by atoms with E-state index in [0.29, 0.717) is 17.7 Å². The number of ether oxygens (including phenoxy) is 1. The number of hydrogen-bond donors (Lipinski definition) is 2. The molecular formula is C28H29N3O4. The number of para-hydroxylation sites is 1. The summed E-state index contributed by atoms with van der Waals surface area (Å²) in [4.78, 5) is 23.5. The van der Waals surface area contributed by atoms with E-state index >= 15 is 0 Å². The second-order valence-electron chi connectivity index (χ2n) is 8.45. The predicted molar refractivity (Wildman–Crippen MR) is 138 cm³/mol. The number of anilines is 1. The molecule has 1 aliphatic rings. The van der Waals surface area contributed by atoms with Crippen LogP contribution in [0, 0.1) is 0 Å². The molecule has 0 aromatic heterocycles. The van der Waals surface area contributed by atoms with Crippen molar-refractivity contribution >= 4 is 34.0 Å². The first-order chi connectivity index (χ1) is 17.0. The summed E-state index contributed by atoms with van der Waals surface area (Å²) in [6, 6.07) is 20.7. The van der Waals surface area contributed by atoms with Gasteiger partial charge in [0.2, 0.25) is 0 Å². The molecule has 0 saturated heterocycles. The Bertz CT molecular complexity index is 1310. The molecule has 3 aromatic rings. The van der Waals surface area contributed by atoms with Gasteiger partial charge in [-0.05, 0) is 54.2 Å². The van der Waals surface area contributed by atoms with Crippen LogP contribution in [0.3, 0.4) is 0 Å². The van der Waals surface area contributed by atoms with E-state index in [1.165, 1.54) is 21.3 Å². The smallest absolute Gasteiger partial charge is 0.303 e. The van der Waals surface area contributed by atoms with Gasteiger partial charge in [-0.3, -0.25) is 9.59 Å². The number of methoxy groups -OCH3 is 1. The van der Waals surface area contributed by atoms with Gasteiger partial charge >= 0.3 is 5.97 Å². The molecule has 0 saturated carbocycles. The molecule has 35 heavy (non-hydrogen) atoms. The van der Waals surface area contributed by atoms with E-state index < -0.39 is 5.97 Å². The van der Waals surface area contributed by atoms with E-state index in [2.05, 4.69) is 58.9 Å². The first kappa shape index (κ1) is 24.0. The average Bonchev–Trinajstić information content (AvgIpc) is 3.13. The van der Waals surface area contributed by atoms with Crippen molar-refractivity contribution < 1.29 is 19.4 Å². The summed E-state index contributed by atoms with van der Waals surface area (Å²) in [5, 5.41) is 20.1. The minimum Gasteiger partial charge on any atom is -0.494 e. The normalized spacial score (nSPS) is 14.5. The van der Waals surface area contributed by atoms with Crippen molar-refractivity contribution in [3.63, 3.8) is 0 Å². The standard InChI is InChI=1S/C28H29N3O4/c1-19-24(28(34)31(30-19)17-7-14-26(32)33)18-29-25-13-6-11-22(27(25)35-2)16-15-21-10-5-9-20-8-3-4-12-23(20)21/h3-6,8-13,18,29H,7,14-17H2,1-2H3,(H,32,33)/b24-18-. The fourth-order valence-corrected chi connectivity index (χ4v) is 4.34. The summed E-state index contributed by atoms with van der Waals surface area (Å²) >= 11 is 0. The number of benzene rings is 3. The summed E-state index contributed by atoms with van der Waals surface area (Å²) in [5.74, 6) is -0.392. The number of carboxylic acid groups (broad SMARTS) is 1. The zero-order valence-corrected chi connectivity index (χ0v) is 20.0. The number of carbonyl (C=O) groups excluding carboxylic acids is 1. The topological polar surface area (TPSA) is 91.2 Å². The van der Waals surface area contributed by atoms with Gasteiger partial charge in [0.15, 0.2) is 0 Å². The fraction of sp³-hybridized carbons (Fsp3) is 0.250. The lowest BCUT2D eigenvalue weighted by Crippen LogP contribution is -2.24. The van der Waals surface area contributed by atoms with Gasteiger partial charge in [-0.15, -0.1) is 0 Å². The second kappa shape index (κ2) is 10.9. The number of carbonyl (C=O) groups is 2. The first-order valence-corrected chi connectivity index (χ1v) is 11.7. The maximum atomic E-state index is 12.7. The number of aryl methyl sites for hydroxylation is 2. The molecule has 7 nitrogen and oxygen atoms in total. The molecule has 4 rings (SSSR count). The van der Waals surface area contributed by atoms with Crippen molar-refractivity contribution in [1.29, 1.82) is 0 Å². The highest BCUT2D eigenvalue weighted by atomic mass is 16.5. The Morgan fingerprint density at radius 3 is 2.57 bits per heavy atom. The van der Waals surface area contributed by atoms with E-state index in [1.807, 2.05) is 12.1 Å². The van der Waals surface area contributed by atoms with Crippen LogP contribution in [0.15, 0.2) is 77.5 Å². The number of aliphatic carboxylic acids is 1. The van der Waals surface area contributed by atoms with Crippen molar-refractivity contribution in [2.24, 2.45) is 5.10 Å². The number of hydrazone groups is 1. The largest absolute Gasteiger partial charge is 0.494 e. The van der Waals surface area contributed by atoms with Crippen LogP contribution in [-0.2, 0) is 22.4 Å². The van der Waals surface area contributed by atoms with E-state index in [4.69, 9.17) is 9.84 Å². The van der Waals surface area contributed by atoms with Crippen LogP contribution in [0.25, 0.3) is 10.8 Å². The minimum absolute atomic E-state index is 0.00158. The predicted octanol–water partition coefficient (Wildman–Crippen LogP) is 5.01. The van der Waals surface area contributed by atoms with Crippen molar-refractivity contribution in [1.82, 2.24) is 5.01 Å². The second-order valence-corrected chi connectivity index (χ2v) is 8.45. The number of fused-ring (bicyclic) bond motifs is 1. The molecule has 180 valence electrons. The zero-order valence-electron chi connectivity index (χ0n) is 20.0. The first-order valence-electron chi connectivity index (χ1n) is 11.7. The van der Waals surface area contributed by atoms with Crippen molar-refractivity contribution in [3.8, 4) is 5.75 Å². The number of nitrogens with one attached hydrogen (secondary N) is 1. The maximum absolute atomic E-state index is 12.7. The summed E-state index contributed by atoms with van der Waals surface area (Å²) in [6.45, 7) is 2.03. The van der Waals surface area contributed by atoms with E-state index in [0.717, 1.165) is 29.8 Å². The van der Waals surface area contributed by atoms with Gasteiger partial charge in [0.05, 0.1) is 24.1 Å². The highest BCUT2D eigenvalue weighted by molar-refractivity contribution is 6.24. The summed E-state index contributed by atoms with van der Waals surface area (Å²) < 4.78 is 5.74. The Kier molecular flexibility index (Phi) is 7.45. The molecule has 0 aliphatic carbocycles. The van der Waals surface area contributed by atoms with Gasteiger partial charge < -0.3 is 15.2 Å². The van der Waals surface area contributed by atoms with Gasteiger partial charge in [0.1, 0.15) is 5.75 Å². The molecule has 0 spiro atoms. The van der Waals surface area contributed by atoms with Crippen LogP contribution in [0.2, 0.25) is 0 Å². The molecule has 0 radical (unpaired) electrons. The Morgan fingerprint density at radius 1 is 1.06 bits per heavy atom. The van der Waals surface area contributed by atoms with Crippen LogP contribution in [0.1, 0.15) is 30.9 Å². The Hall–Kier alpha value is -4.13. The molecule has 0 bridgehead atoms. The monoisotopic (exact) mass is 471 g/mol. The van der Waals surface area contributed by atoms with Gasteiger partial charge in [0, 0.05) is 19.2 Å². The van der Waals surface area contributed by atoms with Crippen molar-refractivity contribution in [2.45, 2.75) is 32.6 Å². The molecule has 1 aliphatic heterocycles. The molecular weight excluding hydrogens is 442 g/mol. The van der Waals surface area contributed by atoms with Crippen LogP contribution in [0.4, 0.5) is 5.69 Å². The summed E-state index contributed by atoms with van der Waals surface area (Å²) in [5.41, 5.74) is 4.16. The molecule has 7 heteroatoms. The van der Waals surface area contributed by atoms with Gasteiger partial charge in [-0.1, -0.05) is 54.6 Å². The summed E-state index contributed by atoms with van der Waals surface area (Å²) in [6.07, 6.45) is 3.67. The molecule has 0 unspecified atom stereocenters. The highest BCUT2D eigenvalue weighted by Gasteiger charge is 2.27. The fourth-order valence-electron chi connectivity index (χ4n) is 4.34. The van der Waals surface area contributed by atoms with Crippen LogP contribution >= 0.6 is 0 Å². The van der Waals surface area contributed by atoms with Gasteiger partial charge in [0.25, 0.3) is 5.91 Å². The van der Waals surface area contributed by atoms with E-state index in [-0.39, 0.29) is 18.9 Å². The average molecular weight is 472 g/mol. The lowest BCUT2D eigenvalue weighted by atomic mass is 9.98. The van der Waals surface area contributed by atoms with Crippen molar-refractivity contribution in [3.05, 3.63) is 83.6 Å². The van der Waals surface area contributed by atoms with Gasteiger partial charge in [-0.2, -0.15) is 5.10 Å². The minimum atomic E-state index is -0.887. The number of nitrogens with zero attached hydrogens (tertiary/aromatic N) is 2. The van der Waals surface area contributed by atoms with E-state index in [9.17, 15) is 9.59 Å². The molecule has 0 fully saturated rings. The maximum Gasteiger partial charge on any atom is 0.303 e. The van der Waals surface area contributed by atoms with E-state index in [1.54, 1.807) is 20.2 Å². The zero-order chi connectivity index (χ0) is 24.8. The molecule has 0 atom stereocenters. The highest BCUT2D eigenvalue weighted by Crippen LogP contribution is 2.31. The third kappa shape index (κ3) is 5.51. The van der Waals surface area contributed by atoms with Crippen LogP contribution < -0.4 is 10.1 Å². The lowest BCUT2D eigenvalue weighted by molar-refractivity contribution is -0.137. The number of amides is 1. The molecule has 1 heterocycles. The number of rotatable bonds is 10. The SMILES string of the molecule is COc1c(CCc2cccc3ccccc23)cccc1N/C=C1\C(=O)N(CCCC(=O)O)N=C1C. The lowest BCUT2D eigenvalue weighted by Gasteiger charge is -2.15. The Balaban J connectivity index is 1.48. The van der Waals surface area contributed by atoms with Gasteiger partial charge in [-0.25, -0.2) is 5.01 Å².